The molecule has 32 heavy (non-hydrogen) atoms. The van der Waals surface area contributed by atoms with E-state index in [1.807, 2.05) is 31.2 Å². The molecule has 0 radical (unpaired) electrons. The Bertz CT molecular complexity index is 1290. The second-order valence-corrected chi connectivity index (χ2v) is 9.41. The fourth-order valence-corrected chi connectivity index (χ4v) is 5.25. The minimum atomic E-state index is -4.13. The van der Waals surface area contributed by atoms with Gasteiger partial charge in [0, 0.05) is 6.54 Å². The third-order valence-corrected chi connectivity index (χ3v) is 7.06. The highest BCUT2D eigenvalue weighted by atomic mass is 32.2. The molecular formula is C24H23N3O4S. The molecule has 0 bridgehead atoms. The Kier molecular flexibility index (Phi) is 5.71. The molecule has 0 spiro atoms. The number of nitrogens with zero attached hydrogens (tertiary/aromatic N) is 2. The summed E-state index contributed by atoms with van der Waals surface area (Å²) in [4.78, 5) is 27.3. The van der Waals surface area contributed by atoms with Crippen molar-refractivity contribution in [2.45, 2.75) is 25.3 Å². The molecule has 4 rings (SSSR count). The standard InChI is InChI=1S/C24H23N3O4S/c1-17-11-13-19(14-12-17)15-25-23(28)16-26-21-9-5-6-10-22(21)32(30,31)27(24(26)29)20-8-4-3-7-18(20)2/h3-14H,15-16H2,1-2H3,(H,25,28). The van der Waals surface area contributed by atoms with Crippen LogP contribution < -0.4 is 14.5 Å². The molecule has 0 fully saturated rings. The first kappa shape index (κ1) is 21.6. The fraction of sp³-hybridized carbons (Fsp3) is 0.167. The SMILES string of the molecule is Cc1ccc(CNC(=O)CN2C(=O)N(c3ccccc3C)S(=O)(=O)c3ccccc32)cc1. The summed E-state index contributed by atoms with van der Waals surface area (Å²) in [6.07, 6.45) is 0. The van der Waals surface area contributed by atoms with E-state index in [0.717, 1.165) is 15.4 Å². The van der Waals surface area contributed by atoms with Gasteiger partial charge in [0.2, 0.25) is 5.91 Å². The Morgan fingerprint density at radius 1 is 0.875 bits per heavy atom. The van der Waals surface area contributed by atoms with Gasteiger partial charge in [-0.25, -0.2) is 13.2 Å². The highest BCUT2D eigenvalue weighted by Crippen LogP contribution is 2.37. The molecule has 1 heterocycles. The van der Waals surface area contributed by atoms with Crippen LogP contribution in [0.4, 0.5) is 16.2 Å². The Morgan fingerprint density at radius 2 is 1.50 bits per heavy atom. The van der Waals surface area contributed by atoms with E-state index >= 15 is 0 Å². The van der Waals surface area contributed by atoms with Gasteiger partial charge in [0.25, 0.3) is 10.0 Å². The minimum absolute atomic E-state index is 0.0193. The van der Waals surface area contributed by atoms with E-state index in [4.69, 9.17) is 0 Å². The maximum Gasteiger partial charge on any atom is 0.343 e. The summed E-state index contributed by atoms with van der Waals surface area (Å²) in [7, 11) is -4.13. The Morgan fingerprint density at radius 3 is 2.19 bits per heavy atom. The molecule has 164 valence electrons. The monoisotopic (exact) mass is 449 g/mol. The van der Waals surface area contributed by atoms with Crippen LogP contribution >= 0.6 is 0 Å². The van der Waals surface area contributed by atoms with Gasteiger partial charge in [0.15, 0.2) is 0 Å². The Balaban J connectivity index is 1.65. The van der Waals surface area contributed by atoms with Gasteiger partial charge in [-0.2, -0.15) is 4.31 Å². The number of carbonyl (C=O) groups is 2. The lowest BCUT2D eigenvalue weighted by molar-refractivity contribution is -0.119. The topological polar surface area (TPSA) is 86.8 Å². The first-order valence-electron chi connectivity index (χ1n) is 10.1. The largest absolute Gasteiger partial charge is 0.350 e. The van der Waals surface area contributed by atoms with Crippen molar-refractivity contribution in [3.8, 4) is 0 Å². The number of fused-ring (bicyclic) bond motifs is 1. The number of amides is 3. The van der Waals surface area contributed by atoms with Crippen molar-refractivity contribution >= 4 is 33.3 Å². The van der Waals surface area contributed by atoms with Crippen molar-refractivity contribution in [3.05, 3.63) is 89.5 Å². The highest BCUT2D eigenvalue weighted by molar-refractivity contribution is 7.94. The molecule has 7 nitrogen and oxygen atoms in total. The summed E-state index contributed by atoms with van der Waals surface area (Å²) in [5, 5.41) is 2.80. The maximum atomic E-state index is 13.4. The summed E-state index contributed by atoms with van der Waals surface area (Å²) < 4.78 is 27.4. The van der Waals surface area contributed by atoms with Gasteiger partial charge in [-0.05, 0) is 43.2 Å². The summed E-state index contributed by atoms with van der Waals surface area (Å²) in [6.45, 7) is 3.72. The van der Waals surface area contributed by atoms with Gasteiger partial charge in [-0.15, -0.1) is 0 Å². The van der Waals surface area contributed by atoms with Gasteiger partial charge in [0.05, 0.1) is 11.4 Å². The van der Waals surface area contributed by atoms with E-state index in [1.165, 1.54) is 17.0 Å². The number of sulfonamides is 1. The number of benzene rings is 3. The van der Waals surface area contributed by atoms with Gasteiger partial charge >= 0.3 is 6.03 Å². The van der Waals surface area contributed by atoms with Gasteiger partial charge in [-0.3, -0.25) is 9.69 Å². The van der Waals surface area contributed by atoms with E-state index in [-0.39, 0.29) is 22.8 Å². The molecule has 0 atom stereocenters. The molecule has 0 saturated carbocycles. The molecule has 0 unspecified atom stereocenters. The van der Waals surface area contributed by atoms with Crippen molar-refractivity contribution in [3.63, 3.8) is 0 Å². The molecule has 1 N–H and O–H groups in total. The van der Waals surface area contributed by atoms with Crippen LogP contribution in [0.1, 0.15) is 16.7 Å². The smallest absolute Gasteiger partial charge is 0.343 e. The van der Waals surface area contributed by atoms with Crippen molar-refractivity contribution in [1.29, 1.82) is 0 Å². The van der Waals surface area contributed by atoms with E-state index in [9.17, 15) is 18.0 Å². The molecular weight excluding hydrogens is 426 g/mol. The number of para-hydroxylation sites is 2. The van der Waals surface area contributed by atoms with Crippen molar-refractivity contribution in [1.82, 2.24) is 5.32 Å². The number of carbonyl (C=O) groups excluding carboxylic acids is 2. The van der Waals surface area contributed by atoms with Crippen molar-refractivity contribution in [2.75, 3.05) is 15.7 Å². The summed E-state index contributed by atoms with van der Waals surface area (Å²) >= 11 is 0. The van der Waals surface area contributed by atoms with Crippen LogP contribution in [0.15, 0.2) is 77.7 Å². The molecule has 0 aliphatic carbocycles. The van der Waals surface area contributed by atoms with Crippen molar-refractivity contribution in [2.24, 2.45) is 0 Å². The maximum absolute atomic E-state index is 13.4. The van der Waals surface area contributed by atoms with Gasteiger partial charge < -0.3 is 5.32 Å². The number of rotatable bonds is 5. The fourth-order valence-electron chi connectivity index (χ4n) is 3.59. The number of urea groups is 1. The van der Waals surface area contributed by atoms with E-state index < -0.39 is 22.0 Å². The summed E-state index contributed by atoms with van der Waals surface area (Å²) in [5.74, 6) is -0.391. The van der Waals surface area contributed by atoms with Crippen LogP contribution in [0.2, 0.25) is 0 Å². The third-order valence-electron chi connectivity index (χ3n) is 5.33. The summed E-state index contributed by atoms with van der Waals surface area (Å²) in [5.41, 5.74) is 3.13. The molecule has 0 aromatic heterocycles. The zero-order valence-corrected chi connectivity index (χ0v) is 18.6. The lowest BCUT2D eigenvalue weighted by atomic mass is 10.1. The molecule has 3 aromatic carbocycles. The zero-order chi connectivity index (χ0) is 22.9. The second-order valence-electron chi connectivity index (χ2n) is 7.65. The lowest BCUT2D eigenvalue weighted by Gasteiger charge is -2.36. The first-order valence-corrected chi connectivity index (χ1v) is 11.6. The van der Waals surface area contributed by atoms with Crippen LogP contribution in [-0.4, -0.2) is 26.9 Å². The highest BCUT2D eigenvalue weighted by Gasteiger charge is 2.43. The van der Waals surface area contributed by atoms with Crippen LogP contribution in [0.5, 0.6) is 0 Å². The molecule has 1 aliphatic rings. The number of anilines is 2. The Hall–Kier alpha value is -3.65. The molecule has 1 aliphatic heterocycles. The number of hydrogen-bond donors (Lipinski definition) is 1. The number of aryl methyl sites for hydroxylation is 2. The first-order chi connectivity index (χ1) is 15.3. The molecule has 0 saturated heterocycles. The van der Waals surface area contributed by atoms with E-state index in [0.29, 0.717) is 12.1 Å². The second kappa shape index (κ2) is 8.47. The molecule has 3 aromatic rings. The van der Waals surface area contributed by atoms with E-state index in [2.05, 4.69) is 5.32 Å². The van der Waals surface area contributed by atoms with Crippen LogP contribution in [0.3, 0.4) is 0 Å². The minimum Gasteiger partial charge on any atom is -0.350 e. The van der Waals surface area contributed by atoms with Crippen LogP contribution in [0.25, 0.3) is 0 Å². The normalized spacial score (nSPS) is 14.8. The lowest BCUT2D eigenvalue weighted by Crippen LogP contribution is -2.53. The predicted octanol–water partition coefficient (Wildman–Crippen LogP) is 3.76. The average molecular weight is 450 g/mol. The Labute approximate surface area is 187 Å². The van der Waals surface area contributed by atoms with E-state index in [1.54, 1.807) is 43.3 Å². The molecule has 3 amide bonds. The average Bonchev–Trinajstić information content (AvgIpc) is 2.77. The number of nitrogens with one attached hydrogen (secondary N) is 1. The van der Waals surface area contributed by atoms with Crippen LogP contribution in [0, 0.1) is 13.8 Å². The van der Waals surface area contributed by atoms with Gasteiger partial charge in [0.1, 0.15) is 11.4 Å². The van der Waals surface area contributed by atoms with Crippen molar-refractivity contribution < 1.29 is 18.0 Å². The molecule has 8 heteroatoms. The number of hydrogen-bond acceptors (Lipinski definition) is 4. The van der Waals surface area contributed by atoms with Crippen LogP contribution in [-0.2, 0) is 21.4 Å². The van der Waals surface area contributed by atoms with Gasteiger partial charge in [-0.1, -0.05) is 60.2 Å². The third kappa shape index (κ3) is 3.97. The zero-order valence-electron chi connectivity index (χ0n) is 17.8. The quantitative estimate of drug-likeness (QED) is 0.643. The predicted molar refractivity (Wildman–Crippen MR) is 123 cm³/mol. The summed E-state index contributed by atoms with van der Waals surface area (Å²) in [6, 6.07) is 19.9.